The van der Waals surface area contributed by atoms with Gasteiger partial charge in [-0.15, -0.1) is 0 Å². The van der Waals surface area contributed by atoms with Crippen LogP contribution in [0.2, 0.25) is 0 Å². The number of alkyl halides is 3. The highest BCUT2D eigenvalue weighted by Crippen LogP contribution is 2.33. The SMILES string of the molecule is CN(C)C1(CNc2nc(C(F)(F)F)nc3ccccc23)CCCCCC1. The summed E-state index contributed by atoms with van der Waals surface area (Å²) in [6.07, 6.45) is 2.19. The molecule has 0 aliphatic heterocycles. The molecule has 142 valence electrons. The Labute approximate surface area is 151 Å². The second-order valence-electron chi connectivity index (χ2n) is 7.30. The number of nitrogens with zero attached hydrogens (tertiary/aromatic N) is 3. The van der Waals surface area contributed by atoms with Crippen LogP contribution < -0.4 is 5.32 Å². The molecule has 3 rings (SSSR count). The van der Waals surface area contributed by atoms with Crippen molar-refractivity contribution in [3.05, 3.63) is 30.1 Å². The summed E-state index contributed by atoms with van der Waals surface area (Å²) >= 11 is 0. The van der Waals surface area contributed by atoms with E-state index in [1.165, 1.54) is 12.8 Å². The van der Waals surface area contributed by atoms with Crippen LogP contribution in [0.3, 0.4) is 0 Å². The largest absolute Gasteiger partial charge is 0.451 e. The second kappa shape index (κ2) is 7.39. The van der Waals surface area contributed by atoms with Gasteiger partial charge >= 0.3 is 6.18 Å². The zero-order valence-corrected chi connectivity index (χ0v) is 15.2. The van der Waals surface area contributed by atoms with Gasteiger partial charge in [-0.25, -0.2) is 9.97 Å². The molecule has 0 amide bonds. The minimum absolute atomic E-state index is 0.0685. The molecule has 2 aromatic rings. The number of para-hydroxylation sites is 1. The summed E-state index contributed by atoms with van der Waals surface area (Å²) in [7, 11) is 4.10. The molecule has 26 heavy (non-hydrogen) atoms. The summed E-state index contributed by atoms with van der Waals surface area (Å²) < 4.78 is 39.6. The molecule has 4 nitrogen and oxygen atoms in total. The van der Waals surface area contributed by atoms with Crippen LogP contribution in [-0.2, 0) is 6.18 Å². The molecule has 0 atom stereocenters. The third kappa shape index (κ3) is 3.92. The maximum atomic E-state index is 13.2. The van der Waals surface area contributed by atoms with Gasteiger partial charge in [0.1, 0.15) is 5.82 Å². The molecule has 0 radical (unpaired) electrons. The fraction of sp³-hybridized carbons (Fsp3) is 0.579. The molecule has 1 aliphatic rings. The van der Waals surface area contributed by atoms with Crippen molar-refractivity contribution < 1.29 is 13.2 Å². The number of fused-ring (bicyclic) bond motifs is 1. The summed E-state index contributed by atoms with van der Waals surface area (Å²) in [4.78, 5) is 9.70. The standard InChI is InChI=1S/C19H25F3N4/c1-26(2)18(11-7-3-4-8-12-18)13-23-16-14-9-5-6-10-15(14)24-17(25-16)19(20,21)22/h5-6,9-10H,3-4,7-8,11-13H2,1-2H3,(H,23,24,25). The van der Waals surface area contributed by atoms with E-state index in [0.29, 0.717) is 17.4 Å². The minimum atomic E-state index is -4.57. The van der Waals surface area contributed by atoms with Crippen LogP contribution in [0.15, 0.2) is 24.3 Å². The van der Waals surface area contributed by atoms with Gasteiger partial charge in [0, 0.05) is 17.5 Å². The maximum absolute atomic E-state index is 13.2. The number of rotatable bonds is 4. The average Bonchev–Trinajstić information content (AvgIpc) is 2.85. The molecule has 1 N–H and O–H groups in total. The van der Waals surface area contributed by atoms with Crippen molar-refractivity contribution in [1.82, 2.24) is 14.9 Å². The Balaban J connectivity index is 1.94. The lowest BCUT2D eigenvalue weighted by atomic mass is 9.88. The van der Waals surface area contributed by atoms with E-state index in [1.807, 2.05) is 14.1 Å². The Hall–Kier alpha value is -1.89. The van der Waals surface area contributed by atoms with Crippen LogP contribution >= 0.6 is 0 Å². The van der Waals surface area contributed by atoms with Crippen LogP contribution in [0.5, 0.6) is 0 Å². The van der Waals surface area contributed by atoms with Gasteiger partial charge in [-0.1, -0.05) is 37.8 Å². The summed E-state index contributed by atoms with van der Waals surface area (Å²) in [5.41, 5.74) is 0.234. The van der Waals surface area contributed by atoms with E-state index in [2.05, 4.69) is 20.2 Å². The van der Waals surface area contributed by atoms with Crippen molar-refractivity contribution in [3.8, 4) is 0 Å². The second-order valence-corrected chi connectivity index (χ2v) is 7.30. The van der Waals surface area contributed by atoms with Gasteiger partial charge in [0.25, 0.3) is 0 Å². The van der Waals surface area contributed by atoms with Crippen molar-refractivity contribution in [1.29, 1.82) is 0 Å². The number of anilines is 1. The van der Waals surface area contributed by atoms with Crippen LogP contribution in [-0.4, -0.2) is 41.0 Å². The fourth-order valence-corrected chi connectivity index (χ4v) is 3.76. The van der Waals surface area contributed by atoms with Gasteiger partial charge in [-0.05, 0) is 39.1 Å². The highest BCUT2D eigenvalue weighted by atomic mass is 19.4. The van der Waals surface area contributed by atoms with E-state index < -0.39 is 12.0 Å². The number of nitrogens with one attached hydrogen (secondary N) is 1. The third-order valence-electron chi connectivity index (χ3n) is 5.42. The number of benzene rings is 1. The van der Waals surface area contributed by atoms with Crippen LogP contribution in [0.25, 0.3) is 10.9 Å². The topological polar surface area (TPSA) is 41.0 Å². The molecule has 1 fully saturated rings. The third-order valence-corrected chi connectivity index (χ3v) is 5.42. The highest BCUT2D eigenvalue weighted by molar-refractivity contribution is 5.89. The minimum Gasteiger partial charge on any atom is -0.368 e. The van der Waals surface area contributed by atoms with Gasteiger partial charge in [0.15, 0.2) is 0 Å². The molecule has 1 aromatic carbocycles. The molecular formula is C19H25F3N4. The lowest BCUT2D eigenvalue weighted by molar-refractivity contribution is -0.144. The van der Waals surface area contributed by atoms with Gasteiger partial charge in [-0.3, -0.25) is 0 Å². The predicted octanol–water partition coefficient (Wildman–Crippen LogP) is 4.72. The van der Waals surface area contributed by atoms with E-state index in [0.717, 1.165) is 25.7 Å². The number of hydrogen-bond acceptors (Lipinski definition) is 4. The van der Waals surface area contributed by atoms with E-state index in [9.17, 15) is 13.2 Å². The van der Waals surface area contributed by atoms with Crippen molar-refractivity contribution in [2.45, 2.75) is 50.2 Å². The zero-order valence-electron chi connectivity index (χ0n) is 15.2. The lowest BCUT2D eigenvalue weighted by Crippen LogP contribution is -2.49. The van der Waals surface area contributed by atoms with Crippen molar-refractivity contribution >= 4 is 16.7 Å². The van der Waals surface area contributed by atoms with E-state index in [1.54, 1.807) is 24.3 Å². The molecule has 1 aromatic heterocycles. The van der Waals surface area contributed by atoms with Gasteiger partial charge < -0.3 is 10.2 Å². The van der Waals surface area contributed by atoms with Gasteiger partial charge in [0.05, 0.1) is 5.52 Å². The molecule has 1 heterocycles. The first-order valence-corrected chi connectivity index (χ1v) is 9.07. The zero-order chi connectivity index (χ0) is 18.8. The molecule has 1 aliphatic carbocycles. The van der Waals surface area contributed by atoms with Crippen molar-refractivity contribution in [3.63, 3.8) is 0 Å². The number of halogens is 3. The molecule has 1 saturated carbocycles. The molecular weight excluding hydrogens is 341 g/mol. The van der Waals surface area contributed by atoms with Crippen LogP contribution in [0, 0.1) is 0 Å². The lowest BCUT2D eigenvalue weighted by Gasteiger charge is -2.40. The summed E-state index contributed by atoms with van der Waals surface area (Å²) in [6.45, 7) is 0.568. The number of likely N-dealkylation sites (N-methyl/N-ethyl adjacent to an activating group) is 1. The average molecular weight is 366 g/mol. The predicted molar refractivity (Wildman–Crippen MR) is 97.1 cm³/mol. The molecule has 0 unspecified atom stereocenters. The van der Waals surface area contributed by atoms with Gasteiger partial charge in [-0.2, -0.15) is 13.2 Å². The first-order valence-electron chi connectivity index (χ1n) is 9.07. The molecule has 0 saturated heterocycles. The fourth-order valence-electron chi connectivity index (χ4n) is 3.76. The monoisotopic (exact) mass is 366 g/mol. The Kier molecular flexibility index (Phi) is 5.37. The summed E-state index contributed by atoms with van der Waals surface area (Å²) in [5.74, 6) is -0.841. The van der Waals surface area contributed by atoms with E-state index in [-0.39, 0.29) is 11.4 Å². The van der Waals surface area contributed by atoms with E-state index >= 15 is 0 Å². The summed E-state index contributed by atoms with van der Waals surface area (Å²) in [5, 5.41) is 3.84. The Bertz CT molecular complexity index is 750. The quantitative estimate of drug-likeness (QED) is 0.796. The Morgan fingerprint density at radius 2 is 1.69 bits per heavy atom. The van der Waals surface area contributed by atoms with Crippen molar-refractivity contribution in [2.75, 3.05) is 26.0 Å². The Morgan fingerprint density at radius 1 is 1.04 bits per heavy atom. The number of aromatic nitrogens is 2. The number of hydrogen-bond donors (Lipinski definition) is 1. The highest BCUT2D eigenvalue weighted by Gasteiger charge is 2.36. The smallest absolute Gasteiger partial charge is 0.368 e. The first kappa shape index (κ1) is 18.9. The normalized spacial score (nSPS) is 18.1. The van der Waals surface area contributed by atoms with Gasteiger partial charge in [0.2, 0.25) is 5.82 Å². The van der Waals surface area contributed by atoms with Crippen LogP contribution in [0.1, 0.15) is 44.3 Å². The van der Waals surface area contributed by atoms with Crippen LogP contribution in [0.4, 0.5) is 19.0 Å². The van der Waals surface area contributed by atoms with E-state index in [4.69, 9.17) is 0 Å². The Morgan fingerprint density at radius 3 is 2.31 bits per heavy atom. The maximum Gasteiger partial charge on any atom is 0.451 e. The molecule has 0 bridgehead atoms. The molecule has 7 heteroatoms. The first-order chi connectivity index (χ1) is 12.3. The van der Waals surface area contributed by atoms with Crippen molar-refractivity contribution in [2.24, 2.45) is 0 Å². The molecule has 0 spiro atoms. The summed E-state index contributed by atoms with van der Waals surface area (Å²) in [6, 6.07) is 6.82.